The second-order valence-electron chi connectivity index (χ2n) is 7.21. The van der Waals surface area contributed by atoms with Crippen molar-refractivity contribution in [3.63, 3.8) is 0 Å². The molecule has 1 heterocycles. The number of nitrogens with one attached hydrogen (secondary N) is 1. The Kier molecular flexibility index (Phi) is 9.30. The number of aryl methyl sites for hydroxylation is 1. The summed E-state index contributed by atoms with van der Waals surface area (Å²) in [5, 5.41) is 12.4. The molecule has 7 heteroatoms. The minimum absolute atomic E-state index is 0.0367. The van der Waals surface area contributed by atoms with Gasteiger partial charge in [-0.3, -0.25) is 4.79 Å². The van der Waals surface area contributed by atoms with E-state index in [0.717, 1.165) is 19.3 Å². The third kappa shape index (κ3) is 7.46. The van der Waals surface area contributed by atoms with Crippen LogP contribution in [0.2, 0.25) is 5.15 Å². The number of aliphatic hydroxyl groups is 1. The summed E-state index contributed by atoms with van der Waals surface area (Å²) in [5.74, 6) is -0.464. The minimum atomic E-state index is -1.59. The second kappa shape index (κ2) is 10.7. The molecule has 1 unspecified atom stereocenters. The van der Waals surface area contributed by atoms with Crippen LogP contribution in [-0.4, -0.2) is 34.3 Å². The van der Waals surface area contributed by atoms with E-state index in [9.17, 15) is 14.3 Å². The molecule has 0 bridgehead atoms. The SMILES string of the molecule is CCCCCCCCc1cc(Cl)nc(N)c1C(=O)NCC(F)C(C)(C)O. The number of anilines is 1. The van der Waals surface area contributed by atoms with E-state index in [-0.39, 0.29) is 23.1 Å². The van der Waals surface area contributed by atoms with Crippen molar-refractivity contribution < 1.29 is 14.3 Å². The van der Waals surface area contributed by atoms with Gasteiger partial charge in [0, 0.05) is 0 Å². The van der Waals surface area contributed by atoms with Crippen LogP contribution in [0.5, 0.6) is 0 Å². The zero-order valence-electron chi connectivity index (χ0n) is 15.9. The molecule has 0 radical (unpaired) electrons. The molecule has 1 rings (SSSR count). The number of aromatic nitrogens is 1. The number of alkyl halides is 1. The van der Waals surface area contributed by atoms with Gasteiger partial charge in [0.15, 0.2) is 0 Å². The van der Waals surface area contributed by atoms with Crippen molar-refractivity contribution in [2.45, 2.75) is 77.5 Å². The Bertz CT molecular complexity index is 591. The number of halogens is 2. The van der Waals surface area contributed by atoms with Crippen molar-refractivity contribution in [1.82, 2.24) is 10.3 Å². The fourth-order valence-electron chi connectivity index (χ4n) is 2.66. The first-order chi connectivity index (χ1) is 12.2. The molecule has 0 spiro atoms. The molecule has 1 aromatic heterocycles. The topological polar surface area (TPSA) is 88.2 Å². The van der Waals surface area contributed by atoms with Crippen LogP contribution in [0, 0.1) is 0 Å². The quantitative estimate of drug-likeness (QED) is 0.394. The first kappa shape index (κ1) is 22.6. The normalized spacial score (nSPS) is 12.8. The Hall–Kier alpha value is -1.40. The third-order valence-corrected chi connectivity index (χ3v) is 4.53. The Balaban J connectivity index is 2.75. The van der Waals surface area contributed by atoms with Gasteiger partial charge in [-0.1, -0.05) is 50.6 Å². The molecular formula is C19H31ClFN3O2. The molecule has 1 amide bonds. The number of amides is 1. The van der Waals surface area contributed by atoms with Crippen molar-refractivity contribution in [3.8, 4) is 0 Å². The number of pyridine rings is 1. The number of hydrogen-bond donors (Lipinski definition) is 3. The number of carbonyl (C=O) groups is 1. The smallest absolute Gasteiger partial charge is 0.255 e. The lowest BCUT2D eigenvalue weighted by atomic mass is 10.00. The summed E-state index contributed by atoms with van der Waals surface area (Å²) in [6.07, 6.45) is 5.83. The molecule has 1 aromatic rings. The van der Waals surface area contributed by atoms with Gasteiger partial charge in [0.25, 0.3) is 5.91 Å². The molecule has 0 fully saturated rings. The molecule has 0 saturated heterocycles. The zero-order valence-corrected chi connectivity index (χ0v) is 16.7. The van der Waals surface area contributed by atoms with Crippen LogP contribution in [0.3, 0.4) is 0 Å². The number of nitrogen functional groups attached to an aromatic ring is 1. The molecule has 4 N–H and O–H groups in total. The first-order valence-corrected chi connectivity index (χ1v) is 9.64. The molecule has 0 aliphatic heterocycles. The predicted octanol–water partition coefficient (Wildman–Crippen LogP) is 4.06. The summed E-state index contributed by atoms with van der Waals surface area (Å²) in [6, 6.07) is 1.64. The van der Waals surface area contributed by atoms with Crippen molar-refractivity contribution in [2.24, 2.45) is 0 Å². The average Bonchev–Trinajstić information content (AvgIpc) is 2.54. The molecule has 5 nitrogen and oxygen atoms in total. The number of carbonyl (C=O) groups excluding carboxylic acids is 1. The second-order valence-corrected chi connectivity index (χ2v) is 7.60. The van der Waals surface area contributed by atoms with Gasteiger partial charge in [0.2, 0.25) is 0 Å². The summed E-state index contributed by atoms with van der Waals surface area (Å²) in [6.45, 7) is 4.57. The lowest BCUT2D eigenvalue weighted by Gasteiger charge is -2.22. The summed E-state index contributed by atoms with van der Waals surface area (Å²) in [7, 11) is 0. The van der Waals surface area contributed by atoms with E-state index in [2.05, 4.69) is 17.2 Å². The Morgan fingerprint density at radius 1 is 1.35 bits per heavy atom. The van der Waals surface area contributed by atoms with E-state index in [1.54, 1.807) is 6.07 Å². The van der Waals surface area contributed by atoms with Crippen LogP contribution in [0.25, 0.3) is 0 Å². The van der Waals surface area contributed by atoms with Crippen LogP contribution in [-0.2, 0) is 6.42 Å². The zero-order chi connectivity index (χ0) is 19.7. The summed E-state index contributed by atoms with van der Waals surface area (Å²) >= 11 is 5.98. The number of nitrogens with zero attached hydrogens (tertiary/aromatic N) is 1. The standard InChI is InChI=1S/C19H31ClFN3O2/c1-4-5-6-7-8-9-10-13-11-15(20)24-17(22)16(13)18(25)23-12-14(21)19(2,3)26/h11,14,26H,4-10,12H2,1-3H3,(H2,22,24)(H,23,25). The van der Waals surface area contributed by atoms with Crippen LogP contribution in [0.4, 0.5) is 10.2 Å². The van der Waals surface area contributed by atoms with Gasteiger partial charge < -0.3 is 16.2 Å². The number of hydrogen-bond acceptors (Lipinski definition) is 4. The van der Waals surface area contributed by atoms with Crippen LogP contribution in [0.1, 0.15) is 75.2 Å². The van der Waals surface area contributed by atoms with Crippen molar-refractivity contribution in [3.05, 3.63) is 22.3 Å². The van der Waals surface area contributed by atoms with Gasteiger partial charge in [-0.25, -0.2) is 9.37 Å². The van der Waals surface area contributed by atoms with Gasteiger partial charge in [-0.05, 0) is 38.3 Å². The average molecular weight is 388 g/mol. The maximum atomic E-state index is 13.9. The van der Waals surface area contributed by atoms with E-state index < -0.39 is 17.7 Å². The number of unbranched alkanes of at least 4 members (excludes halogenated alkanes) is 5. The lowest BCUT2D eigenvalue weighted by molar-refractivity contribution is -0.00177. The van der Waals surface area contributed by atoms with Gasteiger partial charge in [0.1, 0.15) is 17.1 Å². The van der Waals surface area contributed by atoms with Crippen molar-refractivity contribution in [2.75, 3.05) is 12.3 Å². The van der Waals surface area contributed by atoms with Gasteiger partial charge in [-0.2, -0.15) is 0 Å². The lowest BCUT2D eigenvalue weighted by Crippen LogP contribution is -2.42. The molecule has 26 heavy (non-hydrogen) atoms. The van der Waals surface area contributed by atoms with E-state index in [4.69, 9.17) is 17.3 Å². The first-order valence-electron chi connectivity index (χ1n) is 9.26. The number of rotatable bonds is 11. The highest BCUT2D eigenvalue weighted by Crippen LogP contribution is 2.22. The van der Waals surface area contributed by atoms with E-state index in [0.29, 0.717) is 12.0 Å². The highest BCUT2D eigenvalue weighted by molar-refractivity contribution is 6.29. The monoisotopic (exact) mass is 387 g/mol. The highest BCUT2D eigenvalue weighted by Gasteiger charge is 2.27. The van der Waals surface area contributed by atoms with Crippen LogP contribution in [0.15, 0.2) is 6.07 Å². The van der Waals surface area contributed by atoms with Gasteiger partial charge >= 0.3 is 0 Å². The van der Waals surface area contributed by atoms with Crippen molar-refractivity contribution >= 4 is 23.3 Å². The third-order valence-electron chi connectivity index (χ3n) is 4.33. The molecule has 1 atom stereocenters. The fourth-order valence-corrected chi connectivity index (χ4v) is 2.88. The minimum Gasteiger partial charge on any atom is -0.387 e. The fraction of sp³-hybridized carbons (Fsp3) is 0.684. The largest absolute Gasteiger partial charge is 0.387 e. The molecule has 0 aromatic carbocycles. The summed E-state index contributed by atoms with van der Waals surface area (Å²) in [5.41, 5.74) is 5.31. The van der Waals surface area contributed by atoms with Gasteiger partial charge in [0.05, 0.1) is 17.7 Å². The Labute approximate surface area is 160 Å². The maximum Gasteiger partial charge on any atom is 0.255 e. The van der Waals surface area contributed by atoms with E-state index in [1.807, 2.05) is 0 Å². The van der Waals surface area contributed by atoms with Crippen molar-refractivity contribution in [1.29, 1.82) is 0 Å². The number of nitrogens with two attached hydrogens (primary N) is 1. The molecule has 0 aliphatic carbocycles. The molecule has 0 aliphatic rings. The van der Waals surface area contributed by atoms with Gasteiger partial charge in [-0.15, -0.1) is 0 Å². The van der Waals surface area contributed by atoms with Crippen LogP contribution >= 0.6 is 11.6 Å². The predicted molar refractivity (Wildman–Crippen MR) is 104 cm³/mol. The maximum absolute atomic E-state index is 13.9. The Morgan fingerprint density at radius 2 is 1.96 bits per heavy atom. The van der Waals surface area contributed by atoms with Crippen LogP contribution < -0.4 is 11.1 Å². The van der Waals surface area contributed by atoms with E-state index >= 15 is 0 Å². The highest BCUT2D eigenvalue weighted by atomic mass is 35.5. The van der Waals surface area contributed by atoms with E-state index in [1.165, 1.54) is 33.1 Å². The summed E-state index contributed by atoms with van der Waals surface area (Å²) < 4.78 is 13.9. The summed E-state index contributed by atoms with van der Waals surface area (Å²) in [4.78, 5) is 16.4. The molecular weight excluding hydrogens is 357 g/mol. The Morgan fingerprint density at radius 3 is 2.58 bits per heavy atom. The molecule has 148 valence electrons. The molecule has 0 saturated carbocycles.